The van der Waals surface area contributed by atoms with Crippen LogP contribution >= 0.6 is 12.6 Å². The predicted molar refractivity (Wildman–Crippen MR) is 60.8 cm³/mol. The van der Waals surface area contributed by atoms with Crippen LogP contribution in [0.1, 0.15) is 0 Å². The molecule has 0 atom stereocenters. The molecule has 0 aromatic heterocycles. The van der Waals surface area contributed by atoms with Gasteiger partial charge in [-0.25, -0.2) is 0 Å². The number of hydrogen-bond donors (Lipinski definition) is 1. The summed E-state index contributed by atoms with van der Waals surface area (Å²) in [5, 5.41) is 0. The Morgan fingerprint density at radius 1 is 1.21 bits per heavy atom. The van der Waals surface area contributed by atoms with E-state index in [0.29, 0.717) is 0 Å². The van der Waals surface area contributed by atoms with Crippen LogP contribution in [0.15, 0.2) is 0 Å². The molecule has 0 saturated carbocycles. The fourth-order valence-electron chi connectivity index (χ4n) is 1.17. The van der Waals surface area contributed by atoms with Crippen molar-refractivity contribution in [1.29, 1.82) is 0 Å². The van der Waals surface area contributed by atoms with Gasteiger partial charge in [0.05, 0.1) is 5.75 Å². The van der Waals surface area contributed by atoms with Crippen molar-refractivity contribution in [1.82, 2.24) is 9.80 Å². The second kappa shape index (κ2) is 7.09. The van der Waals surface area contributed by atoms with E-state index in [1.165, 1.54) is 0 Å². The number of hydrogen-bond acceptors (Lipinski definition) is 5. The molecule has 0 radical (unpaired) electrons. The van der Waals surface area contributed by atoms with E-state index in [4.69, 9.17) is 4.74 Å². The molecule has 0 aliphatic carbocycles. The molecule has 0 aromatic rings. The first-order chi connectivity index (χ1) is 6.45. The minimum Gasteiger partial charge on any atom is -0.459 e. The Kier molecular flexibility index (Phi) is 6.96. The minimum atomic E-state index is -0.262. The van der Waals surface area contributed by atoms with Gasteiger partial charge in [-0.15, -0.1) is 0 Å². The zero-order valence-electron chi connectivity index (χ0n) is 9.36. The molecule has 0 aliphatic rings. The number of carbonyl (C=O) groups is 1. The molecule has 14 heavy (non-hydrogen) atoms. The maximum Gasteiger partial charge on any atom is 0.315 e. The largest absolute Gasteiger partial charge is 0.459 e. The first-order valence-corrected chi connectivity index (χ1v) is 5.18. The lowest BCUT2D eigenvalue weighted by molar-refractivity contribution is -0.147. The number of carbonyl (C=O) groups excluding carboxylic acids is 1. The summed E-state index contributed by atoms with van der Waals surface area (Å²) in [5.74, 6) is -0.126. The lowest BCUT2D eigenvalue weighted by atomic mass is 10.3. The van der Waals surface area contributed by atoms with Crippen LogP contribution in [-0.2, 0) is 9.53 Å². The molecule has 0 unspecified atom stereocenters. The summed E-state index contributed by atoms with van der Waals surface area (Å²) < 4.78 is 5.22. The lowest BCUT2D eigenvalue weighted by Crippen LogP contribution is -2.38. The van der Waals surface area contributed by atoms with E-state index >= 15 is 0 Å². The van der Waals surface area contributed by atoms with Gasteiger partial charge in [0.15, 0.2) is 0 Å². The third kappa shape index (κ3) is 7.17. The highest BCUT2D eigenvalue weighted by molar-refractivity contribution is 7.81. The standard InChI is InChI=1S/C9H20N2O2S/c1-10(2)5-8(6-11(3)4)13-9(12)7-14/h8,14H,5-7H2,1-4H3. The molecular weight excluding hydrogens is 200 g/mol. The average molecular weight is 220 g/mol. The third-order valence-electron chi connectivity index (χ3n) is 1.56. The summed E-state index contributed by atoms with van der Waals surface area (Å²) in [6.07, 6.45) is -0.0837. The minimum absolute atomic E-state index is 0.0837. The Labute approximate surface area is 91.6 Å². The first kappa shape index (κ1) is 13.7. The molecule has 0 N–H and O–H groups in total. The predicted octanol–water partition coefficient (Wildman–Crippen LogP) is -0.0488. The molecule has 0 fully saturated rings. The zero-order valence-corrected chi connectivity index (χ0v) is 10.3. The lowest BCUT2D eigenvalue weighted by Gasteiger charge is -2.23. The Balaban J connectivity index is 4.03. The van der Waals surface area contributed by atoms with Crippen LogP contribution in [0.3, 0.4) is 0 Å². The van der Waals surface area contributed by atoms with Gasteiger partial charge in [0.25, 0.3) is 0 Å². The number of likely N-dealkylation sites (N-methyl/N-ethyl adjacent to an activating group) is 2. The molecule has 4 nitrogen and oxygen atoms in total. The van der Waals surface area contributed by atoms with Crippen LogP contribution in [-0.4, -0.2) is 68.9 Å². The van der Waals surface area contributed by atoms with E-state index in [1.54, 1.807) is 0 Å². The van der Waals surface area contributed by atoms with Crippen molar-refractivity contribution >= 4 is 18.6 Å². The van der Waals surface area contributed by atoms with Crippen LogP contribution in [0.4, 0.5) is 0 Å². The van der Waals surface area contributed by atoms with Crippen molar-refractivity contribution in [3.63, 3.8) is 0 Å². The first-order valence-electron chi connectivity index (χ1n) is 4.55. The second-order valence-corrected chi connectivity index (χ2v) is 4.11. The van der Waals surface area contributed by atoms with Gasteiger partial charge < -0.3 is 14.5 Å². The number of esters is 1. The van der Waals surface area contributed by atoms with Crippen molar-refractivity contribution in [3.8, 4) is 0 Å². The summed E-state index contributed by atoms with van der Waals surface area (Å²) in [7, 11) is 7.82. The van der Waals surface area contributed by atoms with E-state index < -0.39 is 0 Å². The summed E-state index contributed by atoms with van der Waals surface area (Å²) in [6, 6.07) is 0. The van der Waals surface area contributed by atoms with Crippen LogP contribution in [0, 0.1) is 0 Å². The normalized spacial score (nSPS) is 11.4. The van der Waals surface area contributed by atoms with Gasteiger partial charge in [-0.2, -0.15) is 12.6 Å². The summed E-state index contributed by atoms with van der Waals surface area (Å²) >= 11 is 3.87. The number of ether oxygens (including phenoxy) is 1. The quantitative estimate of drug-likeness (QED) is 0.502. The molecular formula is C9H20N2O2S. The van der Waals surface area contributed by atoms with Gasteiger partial charge in [-0.05, 0) is 28.2 Å². The number of rotatable bonds is 6. The average Bonchev–Trinajstić information content (AvgIpc) is 2.01. The third-order valence-corrected chi connectivity index (χ3v) is 1.82. The molecule has 0 rings (SSSR count). The Hall–Kier alpha value is -0.260. The number of thiol groups is 1. The van der Waals surface area contributed by atoms with E-state index in [-0.39, 0.29) is 17.8 Å². The zero-order chi connectivity index (χ0) is 11.1. The highest BCUT2D eigenvalue weighted by atomic mass is 32.1. The summed E-state index contributed by atoms with van der Waals surface area (Å²) in [6.45, 7) is 1.47. The number of nitrogens with zero attached hydrogens (tertiary/aromatic N) is 2. The van der Waals surface area contributed by atoms with Crippen LogP contribution in [0.2, 0.25) is 0 Å². The Morgan fingerprint density at radius 2 is 1.64 bits per heavy atom. The van der Waals surface area contributed by atoms with Crippen molar-refractivity contribution < 1.29 is 9.53 Å². The molecule has 0 aromatic carbocycles. The molecule has 0 aliphatic heterocycles. The van der Waals surface area contributed by atoms with Crippen LogP contribution < -0.4 is 0 Å². The maximum atomic E-state index is 11.0. The highest BCUT2D eigenvalue weighted by Gasteiger charge is 2.15. The molecule has 5 heteroatoms. The van der Waals surface area contributed by atoms with E-state index in [1.807, 2.05) is 38.0 Å². The van der Waals surface area contributed by atoms with Gasteiger partial charge in [0, 0.05) is 13.1 Å². The van der Waals surface area contributed by atoms with Crippen molar-refractivity contribution in [2.24, 2.45) is 0 Å². The SMILES string of the molecule is CN(C)CC(CN(C)C)OC(=O)CS. The van der Waals surface area contributed by atoms with Crippen molar-refractivity contribution in [2.45, 2.75) is 6.10 Å². The van der Waals surface area contributed by atoms with Crippen molar-refractivity contribution in [3.05, 3.63) is 0 Å². The second-order valence-electron chi connectivity index (χ2n) is 3.79. The molecule has 0 heterocycles. The highest BCUT2D eigenvalue weighted by Crippen LogP contribution is 1.98. The van der Waals surface area contributed by atoms with Gasteiger partial charge in [0.2, 0.25) is 0 Å². The Morgan fingerprint density at radius 3 is 1.93 bits per heavy atom. The van der Waals surface area contributed by atoms with Gasteiger partial charge >= 0.3 is 5.97 Å². The summed E-state index contributed by atoms with van der Waals surface area (Å²) in [4.78, 5) is 15.0. The maximum absolute atomic E-state index is 11.0. The summed E-state index contributed by atoms with van der Waals surface area (Å²) in [5.41, 5.74) is 0. The monoisotopic (exact) mass is 220 g/mol. The van der Waals surface area contributed by atoms with Crippen molar-refractivity contribution in [2.75, 3.05) is 47.0 Å². The molecule has 0 bridgehead atoms. The van der Waals surface area contributed by atoms with Gasteiger partial charge in [0.1, 0.15) is 6.10 Å². The van der Waals surface area contributed by atoms with Gasteiger partial charge in [-0.3, -0.25) is 4.79 Å². The Bertz CT molecular complexity index is 164. The molecule has 0 saturated heterocycles. The molecule has 0 amide bonds. The van der Waals surface area contributed by atoms with Crippen LogP contribution in [0.25, 0.3) is 0 Å². The fraction of sp³-hybridized carbons (Fsp3) is 0.889. The smallest absolute Gasteiger partial charge is 0.315 e. The fourth-order valence-corrected chi connectivity index (χ4v) is 1.24. The van der Waals surface area contributed by atoms with E-state index in [9.17, 15) is 4.79 Å². The van der Waals surface area contributed by atoms with Crippen LogP contribution in [0.5, 0.6) is 0 Å². The molecule has 0 spiro atoms. The van der Waals surface area contributed by atoms with E-state index in [0.717, 1.165) is 13.1 Å². The molecule has 84 valence electrons. The van der Waals surface area contributed by atoms with Gasteiger partial charge in [-0.1, -0.05) is 0 Å². The topological polar surface area (TPSA) is 32.8 Å². The van der Waals surface area contributed by atoms with E-state index in [2.05, 4.69) is 12.6 Å².